The van der Waals surface area contributed by atoms with Crippen molar-refractivity contribution in [1.29, 1.82) is 0 Å². The second kappa shape index (κ2) is 11.0. The lowest BCUT2D eigenvalue weighted by Gasteiger charge is -2.16. The number of halogens is 3. The molecule has 2 heterocycles. The molecule has 1 aliphatic heterocycles. The van der Waals surface area contributed by atoms with E-state index in [4.69, 9.17) is 14.2 Å². The number of hydrogen-bond donors (Lipinski definition) is 1. The third-order valence-electron chi connectivity index (χ3n) is 5.62. The third kappa shape index (κ3) is 7.70. The average molecular weight is 498 g/mol. The van der Waals surface area contributed by atoms with Gasteiger partial charge in [-0.15, -0.1) is 0 Å². The first-order valence-corrected chi connectivity index (χ1v) is 11.7. The zero-order valence-electron chi connectivity index (χ0n) is 20.9. The number of methoxy groups -OCH3 is 1. The van der Waals surface area contributed by atoms with Gasteiger partial charge in [-0.2, -0.15) is 18.2 Å². The third-order valence-corrected chi connectivity index (χ3v) is 5.62. The zero-order chi connectivity index (χ0) is 25.8. The van der Waals surface area contributed by atoms with Gasteiger partial charge in [0.25, 0.3) is 5.91 Å². The zero-order valence-corrected chi connectivity index (χ0v) is 20.9. The standard InChI is InChI=1S/C25H34F3N3O4/c1-16(33-5)15-35-21-9-8-17(25(26,27)28)11-20(21)23(32)29-22-12-18(13-24(2,3)4)30-31(22)14-19-7-6-10-34-19/h8-9,11-12,16,19,30H,6-7,10,13-15H2,1-5H3/b29-22+/t16-,19+/m0/s1. The number of carbonyl (C=O) groups is 1. The second-order valence-electron chi connectivity index (χ2n) is 10.1. The number of carbonyl (C=O) groups excluding carboxylic acids is 1. The molecule has 0 aliphatic carbocycles. The maximum atomic E-state index is 13.4. The van der Waals surface area contributed by atoms with Crippen LogP contribution in [0.2, 0.25) is 0 Å². The van der Waals surface area contributed by atoms with Gasteiger partial charge in [-0.25, -0.2) is 0 Å². The topological polar surface area (TPSA) is 77.8 Å². The van der Waals surface area contributed by atoms with Crippen LogP contribution >= 0.6 is 0 Å². The molecule has 1 N–H and O–H groups in total. The van der Waals surface area contributed by atoms with Crippen LogP contribution in [0.15, 0.2) is 29.3 Å². The van der Waals surface area contributed by atoms with E-state index < -0.39 is 17.6 Å². The van der Waals surface area contributed by atoms with Crippen molar-refractivity contribution in [3.63, 3.8) is 0 Å². The number of nitrogens with zero attached hydrogens (tertiary/aromatic N) is 2. The summed E-state index contributed by atoms with van der Waals surface area (Å²) in [6.07, 6.45) is -2.40. The molecule has 1 aromatic heterocycles. The Morgan fingerprint density at radius 3 is 2.63 bits per heavy atom. The molecule has 0 bridgehead atoms. The van der Waals surface area contributed by atoms with Gasteiger partial charge in [-0.1, -0.05) is 20.8 Å². The number of H-pyrrole nitrogens is 1. The predicted octanol–water partition coefficient (Wildman–Crippen LogP) is 4.76. The molecule has 1 aromatic carbocycles. The Labute approximate surface area is 203 Å². The van der Waals surface area contributed by atoms with Gasteiger partial charge in [0, 0.05) is 25.5 Å². The van der Waals surface area contributed by atoms with E-state index in [1.807, 2.05) is 0 Å². The maximum Gasteiger partial charge on any atom is 0.416 e. The highest BCUT2D eigenvalue weighted by molar-refractivity contribution is 5.97. The number of rotatable bonds is 8. The molecule has 0 saturated carbocycles. The van der Waals surface area contributed by atoms with Gasteiger partial charge in [0.2, 0.25) is 0 Å². The van der Waals surface area contributed by atoms with Gasteiger partial charge < -0.3 is 19.3 Å². The summed E-state index contributed by atoms with van der Waals surface area (Å²) in [7, 11) is 1.50. The minimum atomic E-state index is -4.61. The first-order valence-electron chi connectivity index (χ1n) is 11.7. The Morgan fingerprint density at radius 2 is 2.03 bits per heavy atom. The van der Waals surface area contributed by atoms with Gasteiger partial charge in [-0.3, -0.25) is 9.48 Å². The molecular weight excluding hydrogens is 463 g/mol. The fourth-order valence-corrected chi connectivity index (χ4v) is 3.82. The monoisotopic (exact) mass is 497 g/mol. The summed E-state index contributed by atoms with van der Waals surface area (Å²) >= 11 is 0. The molecule has 2 aromatic rings. The van der Waals surface area contributed by atoms with Crippen LogP contribution in [-0.2, 0) is 28.6 Å². The molecule has 1 fully saturated rings. The molecule has 3 rings (SSSR count). The van der Waals surface area contributed by atoms with E-state index >= 15 is 0 Å². The van der Waals surface area contributed by atoms with E-state index in [2.05, 4.69) is 30.9 Å². The van der Waals surface area contributed by atoms with E-state index in [9.17, 15) is 18.0 Å². The normalized spacial score (nSPS) is 18.2. The summed E-state index contributed by atoms with van der Waals surface area (Å²) in [6, 6.07) is 4.58. The van der Waals surface area contributed by atoms with Gasteiger partial charge in [-0.05, 0) is 49.8 Å². The largest absolute Gasteiger partial charge is 0.490 e. The first-order chi connectivity index (χ1) is 16.4. The lowest BCUT2D eigenvalue weighted by molar-refractivity contribution is -0.137. The summed E-state index contributed by atoms with van der Waals surface area (Å²) in [4.78, 5) is 17.4. The SMILES string of the molecule is CO[C@@H](C)COc1ccc(C(F)(F)F)cc1C(=O)/N=c1\cc(CC(C)(C)C)[nH]n1C[C@H]1CCCO1. The highest BCUT2D eigenvalue weighted by atomic mass is 19.4. The van der Waals surface area contributed by atoms with Gasteiger partial charge in [0.15, 0.2) is 5.49 Å². The van der Waals surface area contributed by atoms with Crippen LogP contribution in [0.5, 0.6) is 5.75 Å². The van der Waals surface area contributed by atoms with E-state index in [0.29, 0.717) is 25.1 Å². The molecule has 0 spiro atoms. The number of amides is 1. The minimum absolute atomic E-state index is 0.0199. The van der Waals surface area contributed by atoms with Crippen molar-refractivity contribution in [1.82, 2.24) is 9.78 Å². The van der Waals surface area contributed by atoms with Crippen molar-refractivity contribution in [3.05, 3.63) is 46.6 Å². The number of alkyl halides is 3. The smallest absolute Gasteiger partial charge is 0.416 e. The highest BCUT2D eigenvalue weighted by Crippen LogP contribution is 2.33. The van der Waals surface area contributed by atoms with Crippen LogP contribution in [-0.4, -0.2) is 48.2 Å². The predicted molar refractivity (Wildman–Crippen MR) is 124 cm³/mol. The molecule has 1 amide bonds. The Morgan fingerprint density at radius 1 is 1.29 bits per heavy atom. The molecule has 0 unspecified atom stereocenters. The molecule has 194 valence electrons. The summed E-state index contributed by atoms with van der Waals surface area (Å²) in [5, 5.41) is 3.28. The van der Waals surface area contributed by atoms with Gasteiger partial charge >= 0.3 is 6.18 Å². The highest BCUT2D eigenvalue weighted by Gasteiger charge is 2.32. The molecule has 10 heteroatoms. The second-order valence-corrected chi connectivity index (χ2v) is 10.1. The van der Waals surface area contributed by atoms with Crippen LogP contribution < -0.4 is 10.2 Å². The Kier molecular flexibility index (Phi) is 8.48. The van der Waals surface area contributed by atoms with E-state index in [0.717, 1.165) is 36.7 Å². The summed E-state index contributed by atoms with van der Waals surface area (Å²) in [5.41, 5.74) is -0.0217. The first kappa shape index (κ1) is 27.0. The average Bonchev–Trinajstić information content (AvgIpc) is 3.40. The fourth-order valence-electron chi connectivity index (χ4n) is 3.82. The summed E-state index contributed by atoms with van der Waals surface area (Å²) < 4.78 is 58.4. The molecule has 35 heavy (non-hydrogen) atoms. The van der Waals surface area contributed by atoms with Crippen molar-refractivity contribution in [2.24, 2.45) is 10.4 Å². The number of ether oxygens (including phenoxy) is 3. The molecule has 0 radical (unpaired) electrons. The number of aromatic nitrogens is 2. The van der Waals surface area contributed by atoms with Gasteiger partial charge in [0.05, 0.1) is 29.9 Å². The number of aromatic amines is 1. The number of benzene rings is 1. The Bertz CT molecular complexity index is 1080. The fraction of sp³-hybridized carbons (Fsp3) is 0.600. The lowest BCUT2D eigenvalue weighted by atomic mass is 9.91. The van der Waals surface area contributed by atoms with Crippen LogP contribution in [0.25, 0.3) is 0 Å². The maximum absolute atomic E-state index is 13.4. The van der Waals surface area contributed by atoms with Crippen molar-refractivity contribution in [2.45, 2.75) is 71.9 Å². The summed E-state index contributed by atoms with van der Waals surface area (Å²) in [5.74, 6) is -0.801. The van der Waals surface area contributed by atoms with E-state index in [1.54, 1.807) is 17.7 Å². The van der Waals surface area contributed by atoms with Crippen LogP contribution in [0.3, 0.4) is 0 Å². The van der Waals surface area contributed by atoms with Crippen molar-refractivity contribution >= 4 is 5.91 Å². The van der Waals surface area contributed by atoms with E-state index in [-0.39, 0.29) is 35.5 Å². The van der Waals surface area contributed by atoms with Crippen LogP contribution in [0.4, 0.5) is 13.2 Å². The molecule has 7 nitrogen and oxygen atoms in total. The van der Waals surface area contributed by atoms with Crippen molar-refractivity contribution in [3.8, 4) is 5.75 Å². The minimum Gasteiger partial charge on any atom is -0.490 e. The Hall–Kier alpha value is -2.59. The quantitative estimate of drug-likeness (QED) is 0.571. The molecule has 1 aliphatic rings. The van der Waals surface area contributed by atoms with Crippen LogP contribution in [0.1, 0.15) is 62.2 Å². The summed E-state index contributed by atoms with van der Waals surface area (Å²) in [6.45, 7) is 9.24. The number of nitrogens with one attached hydrogen (secondary N) is 1. The lowest BCUT2D eigenvalue weighted by Crippen LogP contribution is -2.26. The molecule has 2 atom stereocenters. The number of hydrogen-bond acceptors (Lipinski definition) is 4. The van der Waals surface area contributed by atoms with Crippen molar-refractivity contribution in [2.75, 3.05) is 20.3 Å². The van der Waals surface area contributed by atoms with E-state index in [1.165, 1.54) is 7.11 Å². The Balaban J connectivity index is 2.01. The molecule has 1 saturated heterocycles. The van der Waals surface area contributed by atoms with Gasteiger partial charge in [0.1, 0.15) is 12.4 Å². The van der Waals surface area contributed by atoms with Crippen LogP contribution in [0, 0.1) is 5.41 Å². The molecular formula is C25H34F3N3O4. The van der Waals surface area contributed by atoms with Crippen molar-refractivity contribution < 1.29 is 32.2 Å².